The van der Waals surface area contributed by atoms with E-state index < -0.39 is 17.5 Å². The summed E-state index contributed by atoms with van der Waals surface area (Å²) in [6.45, 7) is 5.45. The first-order chi connectivity index (χ1) is 16.7. The van der Waals surface area contributed by atoms with Gasteiger partial charge in [0.2, 0.25) is 0 Å². The zero-order chi connectivity index (χ0) is 25.2. The fraction of sp³-hybridized carbons (Fsp3) is 0.179. The minimum Gasteiger partial charge on any atom is -0.465 e. The monoisotopic (exact) mass is 470 g/mol. The van der Waals surface area contributed by atoms with Crippen molar-refractivity contribution in [2.24, 2.45) is 0 Å². The molecule has 0 unspecified atom stereocenters. The van der Waals surface area contributed by atoms with E-state index in [1.807, 2.05) is 51.1 Å². The van der Waals surface area contributed by atoms with Gasteiger partial charge in [0.25, 0.3) is 5.91 Å². The van der Waals surface area contributed by atoms with Crippen LogP contribution in [0.1, 0.15) is 52.6 Å². The number of benzene rings is 3. The number of anilines is 2. The lowest BCUT2D eigenvalue weighted by molar-refractivity contribution is -0.110. The summed E-state index contributed by atoms with van der Waals surface area (Å²) in [7, 11) is 1.31. The highest BCUT2D eigenvalue weighted by Crippen LogP contribution is 2.38. The molecule has 178 valence electrons. The lowest BCUT2D eigenvalue weighted by Gasteiger charge is -2.19. The van der Waals surface area contributed by atoms with Crippen LogP contribution < -0.4 is 10.6 Å². The number of methoxy groups -OCH3 is 1. The fourth-order valence-corrected chi connectivity index (χ4v) is 3.72. The van der Waals surface area contributed by atoms with Crippen LogP contribution in [0, 0.1) is 0 Å². The van der Waals surface area contributed by atoms with Crippen LogP contribution in [0.4, 0.5) is 11.4 Å². The van der Waals surface area contributed by atoms with Crippen LogP contribution in [0.2, 0.25) is 0 Å². The van der Waals surface area contributed by atoms with Gasteiger partial charge >= 0.3 is 11.9 Å². The Bertz CT molecular complexity index is 1320. The molecule has 0 fully saturated rings. The van der Waals surface area contributed by atoms with Crippen molar-refractivity contribution in [2.45, 2.75) is 26.4 Å². The van der Waals surface area contributed by atoms with E-state index in [9.17, 15) is 14.4 Å². The SMILES string of the molecule is COC(=O)c1ccc2c(c1)NC(=O)C2=C(Nc1ccc(C(=O)OC(C)(C)C)cc1)c1ccccc1. The minimum absolute atomic E-state index is 0.293. The molecule has 1 aliphatic heterocycles. The number of ether oxygens (including phenoxy) is 2. The van der Waals surface area contributed by atoms with Gasteiger partial charge in [-0.3, -0.25) is 4.79 Å². The Morgan fingerprint density at radius 3 is 2.11 bits per heavy atom. The van der Waals surface area contributed by atoms with Crippen LogP contribution in [0.15, 0.2) is 72.8 Å². The third kappa shape index (κ3) is 5.24. The molecule has 7 nitrogen and oxygen atoms in total. The van der Waals surface area contributed by atoms with Crippen LogP contribution in [0.25, 0.3) is 11.3 Å². The first kappa shape index (κ1) is 23.8. The summed E-state index contributed by atoms with van der Waals surface area (Å²) in [4.78, 5) is 37.4. The van der Waals surface area contributed by atoms with Crippen molar-refractivity contribution in [3.63, 3.8) is 0 Å². The molecule has 0 radical (unpaired) electrons. The molecule has 4 rings (SSSR count). The van der Waals surface area contributed by atoms with Crippen molar-refractivity contribution in [1.29, 1.82) is 0 Å². The fourth-order valence-electron chi connectivity index (χ4n) is 3.72. The Morgan fingerprint density at radius 1 is 0.829 bits per heavy atom. The van der Waals surface area contributed by atoms with Gasteiger partial charge in [-0.25, -0.2) is 9.59 Å². The molecule has 0 spiro atoms. The number of amides is 1. The minimum atomic E-state index is -0.587. The van der Waals surface area contributed by atoms with E-state index in [0.29, 0.717) is 39.3 Å². The standard InChI is InChI=1S/C28H26N2O5/c1-28(2,3)35-27(33)18-10-13-20(14-11-18)29-24(17-8-6-5-7-9-17)23-21-15-12-19(26(32)34-4)16-22(21)30-25(23)31/h5-16,29H,1-4H3,(H,30,31). The highest BCUT2D eigenvalue weighted by molar-refractivity contribution is 6.37. The number of fused-ring (bicyclic) bond motifs is 1. The molecule has 0 aliphatic carbocycles. The highest BCUT2D eigenvalue weighted by atomic mass is 16.6. The molecule has 2 N–H and O–H groups in total. The van der Waals surface area contributed by atoms with Crippen molar-refractivity contribution >= 4 is 40.5 Å². The Balaban J connectivity index is 1.73. The van der Waals surface area contributed by atoms with E-state index in [1.54, 1.807) is 42.5 Å². The van der Waals surface area contributed by atoms with Crippen LogP contribution in [-0.2, 0) is 14.3 Å². The first-order valence-electron chi connectivity index (χ1n) is 11.1. The summed E-state index contributed by atoms with van der Waals surface area (Å²) in [6.07, 6.45) is 0. The highest BCUT2D eigenvalue weighted by Gasteiger charge is 2.29. The number of esters is 2. The van der Waals surface area contributed by atoms with Gasteiger partial charge < -0.3 is 20.1 Å². The molecular weight excluding hydrogens is 444 g/mol. The van der Waals surface area contributed by atoms with Gasteiger partial charge in [0, 0.05) is 11.3 Å². The van der Waals surface area contributed by atoms with Crippen LogP contribution in [0.5, 0.6) is 0 Å². The molecule has 1 aliphatic rings. The lowest BCUT2D eigenvalue weighted by atomic mass is 9.99. The van der Waals surface area contributed by atoms with Gasteiger partial charge in [0.1, 0.15) is 5.60 Å². The number of hydrogen-bond acceptors (Lipinski definition) is 6. The van der Waals surface area contributed by atoms with Crippen LogP contribution in [-0.4, -0.2) is 30.6 Å². The maximum atomic E-state index is 13.1. The second-order valence-corrected chi connectivity index (χ2v) is 9.03. The van der Waals surface area contributed by atoms with Gasteiger partial charge in [0.05, 0.1) is 35.2 Å². The van der Waals surface area contributed by atoms with Crippen LogP contribution >= 0.6 is 0 Å². The maximum Gasteiger partial charge on any atom is 0.338 e. The second kappa shape index (κ2) is 9.46. The Kier molecular flexibility index (Phi) is 6.42. The lowest BCUT2D eigenvalue weighted by Crippen LogP contribution is -2.23. The number of hydrogen-bond donors (Lipinski definition) is 2. The average Bonchev–Trinajstić information content (AvgIpc) is 3.16. The summed E-state index contributed by atoms with van der Waals surface area (Å²) >= 11 is 0. The molecule has 35 heavy (non-hydrogen) atoms. The zero-order valence-electron chi connectivity index (χ0n) is 20.0. The normalized spacial score (nSPS) is 14.0. The zero-order valence-corrected chi connectivity index (χ0v) is 20.0. The van der Waals surface area contributed by atoms with Crippen molar-refractivity contribution in [3.8, 4) is 0 Å². The average molecular weight is 471 g/mol. The molecule has 1 amide bonds. The van der Waals surface area contributed by atoms with E-state index in [1.165, 1.54) is 7.11 Å². The number of carbonyl (C=O) groups is 3. The Labute approximate surface area is 203 Å². The van der Waals surface area contributed by atoms with Gasteiger partial charge in [-0.2, -0.15) is 0 Å². The Morgan fingerprint density at radius 2 is 1.49 bits per heavy atom. The predicted octanol–water partition coefficient (Wildman–Crippen LogP) is 5.36. The van der Waals surface area contributed by atoms with E-state index in [2.05, 4.69) is 10.6 Å². The molecule has 0 saturated heterocycles. The molecule has 7 heteroatoms. The summed E-state index contributed by atoms with van der Waals surface area (Å²) < 4.78 is 10.2. The van der Waals surface area contributed by atoms with E-state index >= 15 is 0 Å². The van der Waals surface area contributed by atoms with Crippen molar-refractivity contribution in [1.82, 2.24) is 0 Å². The van der Waals surface area contributed by atoms with Gasteiger partial charge in [0.15, 0.2) is 0 Å². The first-order valence-corrected chi connectivity index (χ1v) is 11.1. The summed E-state index contributed by atoms with van der Waals surface area (Å²) in [5.41, 5.74) is 3.92. The number of nitrogens with one attached hydrogen (secondary N) is 2. The van der Waals surface area contributed by atoms with E-state index in [0.717, 1.165) is 5.56 Å². The second-order valence-electron chi connectivity index (χ2n) is 9.03. The van der Waals surface area contributed by atoms with Crippen LogP contribution in [0.3, 0.4) is 0 Å². The van der Waals surface area contributed by atoms with Gasteiger partial charge in [-0.1, -0.05) is 36.4 Å². The summed E-state index contributed by atoms with van der Waals surface area (Å²) in [5.74, 6) is -1.18. The molecule has 0 bridgehead atoms. The molecule has 0 atom stereocenters. The molecule has 0 aromatic heterocycles. The smallest absolute Gasteiger partial charge is 0.338 e. The van der Waals surface area contributed by atoms with Crippen molar-refractivity contribution in [3.05, 3.63) is 95.1 Å². The summed E-state index contributed by atoms with van der Waals surface area (Å²) in [5, 5.41) is 6.19. The molecule has 1 heterocycles. The molecule has 0 saturated carbocycles. The number of rotatable bonds is 5. The maximum absolute atomic E-state index is 13.1. The molecule has 3 aromatic rings. The Hall–Kier alpha value is -4.39. The third-order valence-electron chi connectivity index (χ3n) is 5.29. The van der Waals surface area contributed by atoms with E-state index in [4.69, 9.17) is 9.47 Å². The summed E-state index contributed by atoms with van der Waals surface area (Å²) in [6, 6.07) is 21.3. The molecule has 3 aromatic carbocycles. The van der Waals surface area contributed by atoms with Crippen molar-refractivity contribution in [2.75, 3.05) is 17.7 Å². The topological polar surface area (TPSA) is 93.7 Å². The third-order valence-corrected chi connectivity index (χ3v) is 5.29. The largest absolute Gasteiger partial charge is 0.465 e. The van der Waals surface area contributed by atoms with E-state index in [-0.39, 0.29) is 5.91 Å². The quantitative estimate of drug-likeness (QED) is 0.385. The number of carbonyl (C=O) groups excluding carboxylic acids is 3. The van der Waals surface area contributed by atoms with Gasteiger partial charge in [-0.15, -0.1) is 0 Å². The van der Waals surface area contributed by atoms with Gasteiger partial charge in [-0.05, 0) is 62.7 Å². The molecular formula is C28H26N2O5. The predicted molar refractivity (Wildman–Crippen MR) is 135 cm³/mol. The van der Waals surface area contributed by atoms with Crippen molar-refractivity contribution < 1.29 is 23.9 Å².